The molecule has 0 aromatic heterocycles. The lowest BCUT2D eigenvalue weighted by atomic mass is 10.1. The Morgan fingerprint density at radius 3 is 2.48 bits per heavy atom. The monoisotopic (exact) mass is 312 g/mol. The number of benzene rings is 2. The first-order valence-corrected chi connectivity index (χ1v) is 5.96. The molecule has 0 fully saturated rings. The molecule has 1 N–H and O–H groups in total. The van der Waals surface area contributed by atoms with Crippen LogP contribution >= 0.6 is 11.6 Å². The van der Waals surface area contributed by atoms with Crippen molar-refractivity contribution in [1.29, 1.82) is 0 Å². The van der Waals surface area contributed by atoms with E-state index in [1.807, 2.05) is 0 Å². The quantitative estimate of drug-likeness (QED) is 0.692. The lowest BCUT2D eigenvalue weighted by Crippen LogP contribution is -2.14. The van der Waals surface area contributed by atoms with E-state index in [2.05, 4.69) is 5.32 Å². The molecule has 108 valence electrons. The third-order valence-electron chi connectivity index (χ3n) is 2.58. The van der Waals surface area contributed by atoms with Crippen molar-refractivity contribution in [3.8, 4) is 0 Å². The van der Waals surface area contributed by atoms with Crippen molar-refractivity contribution in [2.45, 2.75) is 0 Å². The van der Waals surface area contributed by atoms with Crippen molar-refractivity contribution in [2.75, 3.05) is 5.32 Å². The van der Waals surface area contributed by atoms with Crippen molar-refractivity contribution in [3.05, 3.63) is 68.7 Å². The number of hydrogen-bond donors (Lipinski definition) is 1. The maximum Gasteiger partial charge on any atom is 0.283 e. The summed E-state index contributed by atoms with van der Waals surface area (Å²) in [5, 5.41) is 13.2. The van der Waals surface area contributed by atoms with Gasteiger partial charge in [-0.3, -0.25) is 14.9 Å². The van der Waals surface area contributed by atoms with Crippen LogP contribution in [0.2, 0.25) is 5.02 Å². The number of anilines is 1. The Kier molecular flexibility index (Phi) is 4.13. The summed E-state index contributed by atoms with van der Waals surface area (Å²) in [6.07, 6.45) is 0. The summed E-state index contributed by atoms with van der Waals surface area (Å²) in [5.74, 6) is -3.03. The number of carbonyl (C=O) groups is 1. The minimum absolute atomic E-state index is 0.0249. The molecule has 21 heavy (non-hydrogen) atoms. The topological polar surface area (TPSA) is 72.2 Å². The van der Waals surface area contributed by atoms with Gasteiger partial charge in [0.15, 0.2) is 11.6 Å². The van der Waals surface area contributed by atoms with Crippen LogP contribution in [0.3, 0.4) is 0 Å². The minimum atomic E-state index is -1.14. The van der Waals surface area contributed by atoms with E-state index in [4.69, 9.17) is 11.6 Å². The number of halogens is 3. The Labute approximate surface area is 122 Å². The number of carbonyl (C=O) groups excluding carboxylic acids is 1. The average Bonchev–Trinajstić information content (AvgIpc) is 2.42. The summed E-state index contributed by atoms with van der Waals surface area (Å²) in [5.41, 5.74) is -0.750. The van der Waals surface area contributed by atoms with Crippen molar-refractivity contribution in [3.63, 3.8) is 0 Å². The van der Waals surface area contributed by atoms with E-state index in [1.54, 1.807) is 0 Å². The molecule has 8 heteroatoms. The minimum Gasteiger partial charge on any atom is -0.322 e. The van der Waals surface area contributed by atoms with Crippen LogP contribution in [-0.2, 0) is 0 Å². The Morgan fingerprint density at radius 2 is 1.86 bits per heavy atom. The molecule has 0 heterocycles. The zero-order valence-corrected chi connectivity index (χ0v) is 11.0. The van der Waals surface area contributed by atoms with Crippen LogP contribution in [0.4, 0.5) is 20.2 Å². The van der Waals surface area contributed by atoms with Crippen LogP contribution in [0.25, 0.3) is 0 Å². The zero-order chi connectivity index (χ0) is 15.6. The van der Waals surface area contributed by atoms with Crippen molar-refractivity contribution < 1.29 is 18.5 Å². The molecule has 2 aromatic rings. The zero-order valence-electron chi connectivity index (χ0n) is 10.3. The highest BCUT2D eigenvalue weighted by Gasteiger charge is 2.20. The number of nitro groups is 1. The molecule has 2 rings (SSSR count). The standard InChI is InChI=1S/C13H7ClF2N2O3/c14-7-1-3-9(12(5-7)18(20)21)13(19)17-8-2-4-10(15)11(16)6-8/h1-6H,(H,17,19). The molecule has 0 saturated carbocycles. The molecule has 1 amide bonds. The largest absolute Gasteiger partial charge is 0.322 e. The van der Waals surface area contributed by atoms with Gasteiger partial charge in [-0.1, -0.05) is 11.6 Å². The van der Waals surface area contributed by atoms with E-state index in [-0.39, 0.29) is 16.3 Å². The summed E-state index contributed by atoms with van der Waals surface area (Å²) in [6.45, 7) is 0. The van der Waals surface area contributed by atoms with E-state index >= 15 is 0 Å². The predicted octanol–water partition coefficient (Wildman–Crippen LogP) is 3.78. The van der Waals surface area contributed by atoms with Gasteiger partial charge in [0.1, 0.15) is 5.56 Å². The van der Waals surface area contributed by atoms with E-state index in [0.29, 0.717) is 0 Å². The first-order valence-electron chi connectivity index (χ1n) is 5.59. The molecule has 0 aliphatic heterocycles. The second kappa shape index (κ2) is 5.84. The number of nitro benzene ring substituents is 1. The second-order valence-electron chi connectivity index (χ2n) is 4.00. The Balaban J connectivity index is 2.32. The van der Waals surface area contributed by atoms with Crippen molar-refractivity contribution in [2.24, 2.45) is 0 Å². The first kappa shape index (κ1) is 14.9. The van der Waals surface area contributed by atoms with E-state index in [1.165, 1.54) is 12.1 Å². The normalized spacial score (nSPS) is 10.2. The summed E-state index contributed by atoms with van der Waals surface area (Å²) < 4.78 is 25.8. The highest BCUT2D eigenvalue weighted by atomic mass is 35.5. The third-order valence-corrected chi connectivity index (χ3v) is 2.81. The van der Waals surface area contributed by atoms with Crippen molar-refractivity contribution >= 4 is 28.9 Å². The van der Waals surface area contributed by atoms with Gasteiger partial charge in [-0.25, -0.2) is 8.78 Å². The Morgan fingerprint density at radius 1 is 1.14 bits per heavy atom. The second-order valence-corrected chi connectivity index (χ2v) is 4.44. The molecule has 5 nitrogen and oxygen atoms in total. The molecule has 0 saturated heterocycles. The lowest BCUT2D eigenvalue weighted by molar-refractivity contribution is -0.385. The molecule has 0 bridgehead atoms. The summed E-state index contributed by atoms with van der Waals surface area (Å²) in [4.78, 5) is 22.1. The van der Waals surface area contributed by atoms with Crippen molar-refractivity contribution in [1.82, 2.24) is 0 Å². The summed E-state index contributed by atoms with van der Waals surface area (Å²) in [6, 6.07) is 6.26. The van der Waals surface area contributed by atoms with Gasteiger partial charge >= 0.3 is 0 Å². The summed E-state index contributed by atoms with van der Waals surface area (Å²) >= 11 is 5.64. The summed E-state index contributed by atoms with van der Waals surface area (Å²) in [7, 11) is 0. The van der Waals surface area contributed by atoms with Gasteiger partial charge in [0.25, 0.3) is 11.6 Å². The molecular weight excluding hydrogens is 306 g/mol. The fourth-order valence-corrected chi connectivity index (χ4v) is 1.79. The van der Waals surface area contributed by atoms with E-state index in [9.17, 15) is 23.7 Å². The van der Waals surface area contributed by atoms with Crippen LogP contribution in [-0.4, -0.2) is 10.8 Å². The molecule has 0 radical (unpaired) electrons. The maximum atomic E-state index is 13.0. The van der Waals surface area contributed by atoms with Gasteiger partial charge in [0, 0.05) is 22.8 Å². The lowest BCUT2D eigenvalue weighted by Gasteiger charge is -2.06. The number of rotatable bonds is 3. The molecule has 0 unspecified atom stereocenters. The Bertz CT molecular complexity index is 737. The van der Waals surface area contributed by atoms with Gasteiger partial charge in [0.2, 0.25) is 0 Å². The molecule has 0 aliphatic rings. The van der Waals surface area contributed by atoms with Gasteiger partial charge in [0.05, 0.1) is 4.92 Å². The van der Waals surface area contributed by atoms with Gasteiger partial charge in [-0.05, 0) is 24.3 Å². The highest BCUT2D eigenvalue weighted by molar-refractivity contribution is 6.31. The van der Waals surface area contributed by atoms with Crippen LogP contribution in [0.5, 0.6) is 0 Å². The van der Waals surface area contributed by atoms with Gasteiger partial charge in [-0.15, -0.1) is 0 Å². The van der Waals surface area contributed by atoms with Crippen LogP contribution in [0.1, 0.15) is 10.4 Å². The fraction of sp³-hybridized carbons (Fsp3) is 0. The number of hydrogen-bond acceptors (Lipinski definition) is 3. The number of amides is 1. The highest BCUT2D eigenvalue weighted by Crippen LogP contribution is 2.24. The van der Waals surface area contributed by atoms with Crippen LogP contribution < -0.4 is 5.32 Å². The molecule has 0 atom stereocenters. The van der Waals surface area contributed by atoms with E-state index < -0.39 is 28.2 Å². The number of nitrogens with one attached hydrogen (secondary N) is 1. The van der Waals surface area contributed by atoms with Gasteiger partial charge in [-0.2, -0.15) is 0 Å². The average molecular weight is 313 g/mol. The molecular formula is C13H7ClF2N2O3. The number of nitrogens with zero attached hydrogens (tertiary/aromatic N) is 1. The maximum absolute atomic E-state index is 13.0. The van der Waals surface area contributed by atoms with E-state index in [0.717, 1.165) is 24.3 Å². The van der Waals surface area contributed by atoms with Crippen LogP contribution in [0, 0.1) is 21.7 Å². The molecule has 0 spiro atoms. The SMILES string of the molecule is O=C(Nc1ccc(F)c(F)c1)c1ccc(Cl)cc1[N+](=O)[O-]. The Hall–Kier alpha value is -2.54. The smallest absolute Gasteiger partial charge is 0.283 e. The third kappa shape index (κ3) is 3.32. The fourth-order valence-electron chi connectivity index (χ4n) is 1.62. The molecule has 0 aliphatic carbocycles. The van der Waals surface area contributed by atoms with Crippen LogP contribution in [0.15, 0.2) is 36.4 Å². The van der Waals surface area contributed by atoms with Gasteiger partial charge < -0.3 is 5.32 Å². The first-order chi connectivity index (χ1) is 9.88. The molecule has 2 aromatic carbocycles. The predicted molar refractivity (Wildman–Crippen MR) is 72.4 cm³/mol.